The predicted octanol–water partition coefficient (Wildman–Crippen LogP) is 4.05. The highest BCUT2D eigenvalue weighted by Gasteiger charge is 2.19. The fourth-order valence-corrected chi connectivity index (χ4v) is 2.49. The summed E-state index contributed by atoms with van der Waals surface area (Å²) in [5.74, 6) is -0.409. The zero-order chi connectivity index (χ0) is 17.3. The molecule has 0 bridgehead atoms. The van der Waals surface area contributed by atoms with Crippen molar-refractivity contribution in [2.24, 2.45) is 0 Å². The van der Waals surface area contributed by atoms with Crippen molar-refractivity contribution in [3.8, 4) is 16.9 Å². The normalized spacial score (nSPS) is 10.6. The van der Waals surface area contributed by atoms with E-state index in [2.05, 4.69) is 5.10 Å². The number of carbonyl (C=O) groups is 1. The molecule has 0 unspecified atom stereocenters. The molecule has 3 aromatic rings. The highest BCUT2D eigenvalue weighted by atomic mass is 35.5. The number of aromatic nitrogens is 2. The SMILES string of the molecule is O=Cc1c(-c2ccc([N+](=O)[O-])cc2)nn(-c2ccc(F)cc2)c1Cl. The topological polar surface area (TPSA) is 78.0 Å². The van der Waals surface area contributed by atoms with Gasteiger partial charge < -0.3 is 0 Å². The third-order valence-electron chi connectivity index (χ3n) is 3.40. The Morgan fingerprint density at radius 2 is 1.75 bits per heavy atom. The van der Waals surface area contributed by atoms with Crippen molar-refractivity contribution in [1.82, 2.24) is 9.78 Å². The first kappa shape index (κ1) is 15.8. The number of halogens is 2. The van der Waals surface area contributed by atoms with Gasteiger partial charge in [0.15, 0.2) is 6.29 Å². The molecule has 1 aromatic heterocycles. The summed E-state index contributed by atoms with van der Waals surface area (Å²) in [6.45, 7) is 0. The van der Waals surface area contributed by atoms with Crippen molar-refractivity contribution in [3.05, 3.63) is 75.2 Å². The Morgan fingerprint density at radius 1 is 1.12 bits per heavy atom. The first-order valence-corrected chi connectivity index (χ1v) is 7.13. The van der Waals surface area contributed by atoms with Crippen LogP contribution in [0.1, 0.15) is 10.4 Å². The van der Waals surface area contributed by atoms with E-state index in [4.69, 9.17) is 11.6 Å². The van der Waals surface area contributed by atoms with E-state index in [0.29, 0.717) is 17.5 Å². The summed E-state index contributed by atoms with van der Waals surface area (Å²) >= 11 is 6.20. The van der Waals surface area contributed by atoms with E-state index in [1.54, 1.807) is 0 Å². The number of hydrogen-bond acceptors (Lipinski definition) is 4. The zero-order valence-electron chi connectivity index (χ0n) is 12.0. The number of aldehydes is 1. The Bertz CT molecular complexity index is 921. The van der Waals surface area contributed by atoms with Crippen LogP contribution in [0.5, 0.6) is 0 Å². The molecule has 0 aliphatic carbocycles. The summed E-state index contributed by atoms with van der Waals surface area (Å²) in [5, 5.41) is 15.1. The molecule has 2 aromatic carbocycles. The number of benzene rings is 2. The number of rotatable bonds is 4. The average molecular weight is 346 g/mol. The van der Waals surface area contributed by atoms with Gasteiger partial charge in [-0.1, -0.05) is 11.6 Å². The number of nitrogens with zero attached hydrogens (tertiary/aromatic N) is 3. The van der Waals surface area contributed by atoms with Crippen LogP contribution in [0.15, 0.2) is 48.5 Å². The molecule has 0 N–H and O–H groups in total. The molecule has 3 rings (SSSR count). The van der Waals surface area contributed by atoms with Crippen LogP contribution in [0.25, 0.3) is 16.9 Å². The van der Waals surface area contributed by atoms with Crippen molar-refractivity contribution in [1.29, 1.82) is 0 Å². The second-order valence-corrected chi connectivity index (χ2v) is 5.22. The average Bonchev–Trinajstić information content (AvgIpc) is 2.92. The van der Waals surface area contributed by atoms with Gasteiger partial charge in [-0.15, -0.1) is 0 Å². The van der Waals surface area contributed by atoms with E-state index < -0.39 is 10.7 Å². The maximum absolute atomic E-state index is 13.0. The molecule has 8 heteroatoms. The minimum Gasteiger partial charge on any atom is -0.298 e. The highest BCUT2D eigenvalue weighted by molar-refractivity contribution is 6.32. The second-order valence-electron chi connectivity index (χ2n) is 4.86. The van der Waals surface area contributed by atoms with Gasteiger partial charge in [-0.2, -0.15) is 5.10 Å². The first-order chi connectivity index (χ1) is 11.5. The van der Waals surface area contributed by atoms with Gasteiger partial charge in [-0.3, -0.25) is 14.9 Å². The molecular weight excluding hydrogens is 337 g/mol. The van der Waals surface area contributed by atoms with Crippen LogP contribution in [-0.2, 0) is 0 Å². The van der Waals surface area contributed by atoms with E-state index in [1.165, 1.54) is 53.2 Å². The smallest absolute Gasteiger partial charge is 0.269 e. The number of non-ortho nitro benzene ring substituents is 1. The van der Waals surface area contributed by atoms with Crippen LogP contribution in [-0.4, -0.2) is 21.0 Å². The maximum atomic E-state index is 13.0. The van der Waals surface area contributed by atoms with Crippen LogP contribution in [0.3, 0.4) is 0 Å². The van der Waals surface area contributed by atoms with Crippen molar-refractivity contribution in [2.45, 2.75) is 0 Å². The molecular formula is C16H9ClFN3O3. The molecule has 0 saturated heterocycles. The van der Waals surface area contributed by atoms with Gasteiger partial charge in [-0.05, 0) is 36.4 Å². The molecule has 24 heavy (non-hydrogen) atoms. The molecule has 0 radical (unpaired) electrons. The zero-order valence-corrected chi connectivity index (χ0v) is 12.8. The van der Waals surface area contributed by atoms with E-state index in [-0.39, 0.29) is 22.1 Å². The lowest BCUT2D eigenvalue weighted by atomic mass is 10.1. The van der Waals surface area contributed by atoms with Gasteiger partial charge in [0.1, 0.15) is 16.7 Å². The van der Waals surface area contributed by atoms with E-state index in [0.717, 1.165) is 0 Å². The molecule has 0 atom stereocenters. The third-order valence-corrected chi connectivity index (χ3v) is 3.77. The fourth-order valence-electron chi connectivity index (χ4n) is 2.22. The molecule has 0 aliphatic heterocycles. The number of hydrogen-bond donors (Lipinski definition) is 0. The first-order valence-electron chi connectivity index (χ1n) is 6.75. The van der Waals surface area contributed by atoms with Crippen LogP contribution >= 0.6 is 11.6 Å². The van der Waals surface area contributed by atoms with Gasteiger partial charge in [0.05, 0.1) is 16.2 Å². The molecule has 0 saturated carbocycles. The van der Waals surface area contributed by atoms with E-state index in [9.17, 15) is 19.3 Å². The van der Waals surface area contributed by atoms with Crippen molar-refractivity contribution < 1.29 is 14.1 Å². The standard InChI is InChI=1S/C16H9ClFN3O3/c17-16-14(9-22)15(10-1-5-13(6-2-10)21(23)24)19-20(16)12-7-3-11(18)4-8-12/h1-9H. The molecule has 1 heterocycles. The third kappa shape index (κ3) is 2.77. The predicted molar refractivity (Wildman–Crippen MR) is 86.0 cm³/mol. The van der Waals surface area contributed by atoms with Crippen molar-refractivity contribution in [3.63, 3.8) is 0 Å². The number of nitro groups is 1. The van der Waals surface area contributed by atoms with Crippen LogP contribution in [0, 0.1) is 15.9 Å². The molecule has 0 aliphatic rings. The van der Waals surface area contributed by atoms with Gasteiger partial charge >= 0.3 is 0 Å². The lowest BCUT2D eigenvalue weighted by Crippen LogP contribution is -1.96. The van der Waals surface area contributed by atoms with Crippen LogP contribution in [0.4, 0.5) is 10.1 Å². The lowest BCUT2D eigenvalue weighted by Gasteiger charge is -2.02. The van der Waals surface area contributed by atoms with Gasteiger partial charge in [0.25, 0.3) is 5.69 Å². The van der Waals surface area contributed by atoms with E-state index in [1.807, 2.05) is 0 Å². The molecule has 120 valence electrons. The summed E-state index contributed by atoms with van der Waals surface area (Å²) in [4.78, 5) is 21.6. The summed E-state index contributed by atoms with van der Waals surface area (Å²) < 4.78 is 14.4. The summed E-state index contributed by atoms with van der Waals surface area (Å²) in [6.07, 6.45) is 0.562. The molecule has 0 spiro atoms. The van der Waals surface area contributed by atoms with Gasteiger partial charge in [0, 0.05) is 17.7 Å². The lowest BCUT2D eigenvalue weighted by molar-refractivity contribution is -0.384. The second kappa shape index (κ2) is 6.21. The summed E-state index contributed by atoms with van der Waals surface area (Å²) in [7, 11) is 0. The number of nitro benzene ring substituents is 1. The van der Waals surface area contributed by atoms with Gasteiger partial charge in [-0.25, -0.2) is 9.07 Å². The number of carbonyl (C=O) groups excluding carboxylic acids is 1. The van der Waals surface area contributed by atoms with Crippen LogP contribution < -0.4 is 0 Å². The van der Waals surface area contributed by atoms with Crippen molar-refractivity contribution >= 4 is 23.6 Å². The molecule has 0 amide bonds. The van der Waals surface area contributed by atoms with Crippen molar-refractivity contribution in [2.75, 3.05) is 0 Å². The van der Waals surface area contributed by atoms with Crippen LogP contribution in [0.2, 0.25) is 5.15 Å². The Labute approximate surface area is 140 Å². The minimum atomic E-state index is -0.519. The Morgan fingerprint density at radius 3 is 2.29 bits per heavy atom. The quantitative estimate of drug-likeness (QED) is 0.406. The minimum absolute atomic E-state index is 0.0736. The van der Waals surface area contributed by atoms with Gasteiger partial charge in [0.2, 0.25) is 0 Å². The molecule has 0 fully saturated rings. The Kier molecular flexibility index (Phi) is 4.09. The molecule has 6 nitrogen and oxygen atoms in total. The van der Waals surface area contributed by atoms with E-state index >= 15 is 0 Å². The summed E-state index contributed by atoms with van der Waals surface area (Å²) in [6, 6.07) is 11.0. The summed E-state index contributed by atoms with van der Waals surface area (Å²) in [5.41, 5.74) is 1.35. The Hall–Kier alpha value is -3.06. The maximum Gasteiger partial charge on any atom is 0.269 e. The largest absolute Gasteiger partial charge is 0.298 e. The fraction of sp³-hybridized carbons (Fsp3) is 0. The highest BCUT2D eigenvalue weighted by Crippen LogP contribution is 2.30. The monoisotopic (exact) mass is 345 g/mol. The Balaban J connectivity index is 2.11.